The van der Waals surface area contributed by atoms with E-state index in [-0.39, 0.29) is 5.97 Å². The van der Waals surface area contributed by atoms with Crippen molar-refractivity contribution in [2.75, 3.05) is 7.11 Å². The quantitative estimate of drug-likeness (QED) is 0.625. The van der Waals surface area contributed by atoms with Crippen LogP contribution in [0.25, 0.3) is 10.9 Å². The Morgan fingerprint density at radius 2 is 2.26 bits per heavy atom. The van der Waals surface area contributed by atoms with Gasteiger partial charge >= 0.3 is 5.97 Å². The molecule has 0 fully saturated rings. The van der Waals surface area contributed by atoms with Gasteiger partial charge < -0.3 is 9.30 Å². The summed E-state index contributed by atoms with van der Waals surface area (Å²) < 4.78 is 6.66. The van der Waals surface area contributed by atoms with E-state index in [2.05, 4.69) is 10.8 Å². The number of hydrogen-bond donors (Lipinski definition) is 0. The van der Waals surface area contributed by atoms with Gasteiger partial charge in [0, 0.05) is 29.2 Å². The van der Waals surface area contributed by atoms with Crippen molar-refractivity contribution < 1.29 is 9.53 Å². The molecule has 0 N–H and O–H groups in total. The second-order valence-electron chi connectivity index (χ2n) is 4.23. The summed E-state index contributed by atoms with van der Waals surface area (Å²) in [7, 11) is 1.37. The maximum Gasteiger partial charge on any atom is 0.333 e. The maximum atomic E-state index is 11.3. The lowest BCUT2D eigenvalue weighted by Gasteiger charge is -2.03. The summed E-state index contributed by atoms with van der Waals surface area (Å²) in [6.45, 7) is 2.32. The number of rotatable bonds is 3. The lowest BCUT2D eigenvalue weighted by Crippen LogP contribution is -2.03. The Kier molecular flexibility index (Phi) is 3.67. The first-order chi connectivity index (χ1) is 9.15. The number of ether oxygens (including phenoxy) is 1. The van der Waals surface area contributed by atoms with Gasteiger partial charge in [0.05, 0.1) is 18.7 Å². The molecule has 0 radical (unpaired) electrons. The predicted molar refractivity (Wildman–Crippen MR) is 72.4 cm³/mol. The topological polar surface area (TPSA) is 55.0 Å². The molecule has 0 bridgehead atoms. The first kappa shape index (κ1) is 12.9. The van der Waals surface area contributed by atoms with Crippen molar-refractivity contribution >= 4 is 16.9 Å². The van der Waals surface area contributed by atoms with Crippen LogP contribution in [0.15, 0.2) is 42.1 Å². The van der Waals surface area contributed by atoms with Crippen molar-refractivity contribution in [3.05, 3.63) is 47.7 Å². The molecule has 19 heavy (non-hydrogen) atoms. The van der Waals surface area contributed by atoms with Crippen LogP contribution in [0.3, 0.4) is 0 Å². The molecule has 0 amide bonds. The van der Waals surface area contributed by atoms with E-state index in [0.717, 1.165) is 10.9 Å². The van der Waals surface area contributed by atoms with Crippen molar-refractivity contribution in [3.63, 3.8) is 0 Å². The number of nitrogens with zero attached hydrogens (tertiary/aromatic N) is 2. The summed E-state index contributed by atoms with van der Waals surface area (Å²) in [4.78, 5) is 11.3. The monoisotopic (exact) mass is 254 g/mol. The molecule has 0 aliphatic heterocycles. The molecule has 0 saturated heterocycles. The molecule has 0 atom stereocenters. The highest BCUT2D eigenvalue weighted by molar-refractivity contribution is 5.87. The number of esters is 1. The Bertz CT molecular complexity index is 690. The average molecular weight is 254 g/mol. The van der Waals surface area contributed by atoms with Crippen molar-refractivity contribution in [3.8, 4) is 6.07 Å². The number of benzene rings is 1. The molecule has 0 aliphatic rings. The normalized spacial score (nSPS) is 11.3. The second kappa shape index (κ2) is 5.40. The molecule has 1 heterocycles. The van der Waals surface area contributed by atoms with Gasteiger partial charge in [0.1, 0.15) is 0 Å². The number of carbonyl (C=O) groups excluding carboxylic acids is 1. The van der Waals surface area contributed by atoms with E-state index in [9.17, 15) is 4.79 Å². The molecule has 4 nitrogen and oxygen atoms in total. The largest absolute Gasteiger partial charge is 0.466 e. The summed E-state index contributed by atoms with van der Waals surface area (Å²) in [6.07, 6.45) is 3.76. The van der Waals surface area contributed by atoms with Gasteiger partial charge in [0.15, 0.2) is 0 Å². The van der Waals surface area contributed by atoms with E-state index in [1.54, 1.807) is 13.0 Å². The number of methoxy groups -OCH3 is 1. The van der Waals surface area contributed by atoms with Crippen molar-refractivity contribution in [2.24, 2.45) is 0 Å². The summed E-state index contributed by atoms with van der Waals surface area (Å²) in [6, 6.07) is 9.62. The van der Waals surface area contributed by atoms with Crippen LogP contribution in [-0.4, -0.2) is 17.6 Å². The highest BCUT2D eigenvalue weighted by Gasteiger charge is 2.04. The van der Waals surface area contributed by atoms with Gasteiger partial charge in [-0.1, -0.05) is 6.08 Å². The van der Waals surface area contributed by atoms with Crippen LogP contribution in [0.1, 0.15) is 12.5 Å². The summed E-state index contributed by atoms with van der Waals surface area (Å²) >= 11 is 0. The standard InChI is InChI=1S/C15H14N2O2/c1-11(15(18)19-2)5-7-17-8-6-13-9-12(10-16)3-4-14(13)17/h3-6,8-9H,7H2,1-2H3/b11-5+. The van der Waals surface area contributed by atoms with Crippen LogP contribution >= 0.6 is 0 Å². The first-order valence-electron chi connectivity index (χ1n) is 5.90. The average Bonchev–Trinajstić information content (AvgIpc) is 2.85. The van der Waals surface area contributed by atoms with Crippen LogP contribution in [0.5, 0.6) is 0 Å². The highest BCUT2D eigenvalue weighted by atomic mass is 16.5. The Labute approximate surface area is 111 Å². The molecule has 0 saturated carbocycles. The number of fused-ring (bicyclic) bond motifs is 1. The molecule has 2 rings (SSSR count). The highest BCUT2D eigenvalue weighted by Crippen LogP contribution is 2.17. The molecule has 0 aliphatic carbocycles. The third-order valence-corrected chi connectivity index (χ3v) is 3.00. The van der Waals surface area contributed by atoms with E-state index in [1.807, 2.05) is 35.0 Å². The van der Waals surface area contributed by atoms with Gasteiger partial charge in [-0.05, 0) is 31.2 Å². The molecule has 96 valence electrons. The van der Waals surface area contributed by atoms with E-state index in [1.165, 1.54) is 7.11 Å². The Hall–Kier alpha value is -2.54. The van der Waals surface area contributed by atoms with Crippen molar-refractivity contribution in [2.45, 2.75) is 13.5 Å². The molecular weight excluding hydrogens is 240 g/mol. The third-order valence-electron chi connectivity index (χ3n) is 3.00. The number of allylic oxidation sites excluding steroid dienone is 1. The minimum Gasteiger partial charge on any atom is -0.466 e. The van der Waals surface area contributed by atoms with E-state index < -0.39 is 0 Å². The van der Waals surface area contributed by atoms with Gasteiger partial charge in [-0.2, -0.15) is 5.26 Å². The van der Waals surface area contributed by atoms with Crippen molar-refractivity contribution in [1.82, 2.24) is 4.57 Å². The molecular formula is C15H14N2O2. The molecule has 1 aromatic heterocycles. The lowest BCUT2D eigenvalue weighted by molar-refractivity contribution is -0.136. The fourth-order valence-corrected chi connectivity index (χ4v) is 1.91. The fraction of sp³-hybridized carbons (Fsp3) is 0.200. The summed E-state index contributed by atoms with van der Waals surface area (Å²) in [5.41, 5.74) is 2.26. The SMILES string of the molecule is COC(=O)/C(C)=C/Cn1ccc2cc(C#N)ccc21. The molecule has 4 heteroatoms. The summed E-state index contributed by atoms with van der Waals surface area (Å²) in [5.74, 6) is -0.316. The number of hydrogen-bond acceptors (Lipinski definition) is 3. The summed E-state index contributed by atoms with van der Waals surface area (Å²) in [5, 5.41) is 9.87. The Morgan fingerprint density at radius 1 is 1.47 bits per heavy atom. The number of carbonyl (C=O) groups is 1. The molecule has 1 aromatic carbocycles. The van der Waals surface area contributed by atoms with Crippen LogP contribution in [-0.2, 0) is 16.1 Å². The lowest BCUT2D eigenvalue weighted by atomic mass is 10.2. The molecule has 0 unspecified atom stereocenters. The minimum absolute atomic E-state index is 0.316. The van der Waals surface area contributed by atoms with E-state index in [4.69, 9.17) is 5.26 Å². The molecule has 2 aromatic rings. The third kappa shape index (κ3) is 2.66. The zero-order valence-corrected chi connectivity index (χ0v) is 10.9. The van der Waals surface area contributed by atoms with Gasteiger partial charge in [0.25, 0.3) is 0 Å². The van der Waals surface area contributed by atoms with Gasteiger partial charge in [-0.25, -0.2) is 4.79 Å². The first-order valence-corrected chi connectivity index (χ1v) is 5.90. The molecule has 0 spiro atoms. The Balaban J connectivity index is 2.28. The zero-order chi connectivity index (χ0) is 13.8. The van der Waals surface area contributed by atoms with Gasteiger partial charge in [-0.3, -0.25) is 0 Å². The van der Waals surface area contributed by atoms with Crippen LogP contribution in [0.4, 0.5) is 0 Å². The number of nitriles is 1. The predicted octanol–water partition coefficient (Wildman–Crippen LogP) is 2.63. The van der Waals surface area contributed by atoms with Crippen LogP contribution in [0, 0.1) is 11.3 Å². The fourth-order valence-electron chi connectivity index (χ4n) is 1.91. The minimum atomic E-state index is -0.316. The number of aromatic nitrogens is 1. The second-order valence-corrected chi connectivity index (χ2v) is 4.23. The smallest absolute Gasteiger partial charge is 0.333 e. The Morgan fingerprint density at radius 3 is 2.95 bits per heavy atom. The van der Waals surface area contributed by atoms with Crippen molar-refractivity contribution in [1.29, 1.82) is 5.26 Å². The van der Waals surface area contributed by atoms with E-state index in [0.29, 0.717) is 17.7 Å². The van der Waals surface area contributed by atoms with E-state index >= 15 is 0 Å². The van der Waals surface area contributed by atoms with Gasteiger partial charge in [-0.15, -0.1) is 0 Å². The van der Waals surface area contributed by atoms with Crippen LogP contribution < -0.4 is 0 Å². The zero-order valence-electron chi connectivity index (χ0n) is 10.9. The van der Waals surface area contributed by atoms with Crippen LogP contribution in [0.2, 0.25) is 0 Å². The van der Waals surface area contributed by atoms with Gasteiger partial charge in [0.2, 0.25) is 0 Å². The maximum absolute atomic E-state index is 11.3.